The number of rotatable bonds is 6. The van der Waals surface area contributed by atoms with Crippen molar-refractivity contribution >= 4 is 18.3 Å². The minimum Gasteiger partial charge on any atom is -0.376 e. The van der Waals surface area contributed by atoms with Gasteiger partial charge in [0.2, 0.25) is 5.91 Å². The second kappa shape index (κ2) is 9.40. The maximum atomic E-state index is 13.2. The van der Waals surface area contributed by atoms with Crippen molar-refractivity contribution in [2.75, 3.05) is 19.7 Å². The van der Waals surface area contributed by atoms with Crippen LogP contribution in [-0.2, 0) is 9.53 Å². The van der Waals surface area contributed by atoms with Gasteiger partial charge in [-0.25, -0.2) is 0 Å². The Morgan fingerprint density at radius 1 is 1.04 bits per heavy atom. The minimum atomic E-state index is 0. The van der Waals surface area contributed by atoms with Crippen molar-refractivity contribution in [1.29, 1.82) is 0 Å². The summed E-state index contributed by atoms with van der Waals surface area (Å²) in [5.41, 5.74) is 6.18. The first-order valence-electron chi connectivity index (χ1n) is 9.84. The molecular formula is C19H35ClN2O2. The van der Waals surface area contributed by atoms with E-state index in [2.05, 4.69) is 4.90 Å². The topological polar surface area (TPSA) is 55.6 Å². The normalized spacial score (nSPS) is 27.0. The van der Waals surface area contributed by atoms with Gasteiger partial charge in [-0.05, 0) is 50.5 Å². The zero-order valence-corrected chi connectivity index (χ0v) is 15.8. The number of hydrogen-bond donors (Lipinski definition) is 1. The smallest absolute Gasteiger partial charge is 0.223 e. The van der Waals surface area contributed by atoms with Gasteiger partial charge in [0, 0.05) is 25.6 Å². The largest absolute Gasteiger partial charge is 0.376 e. The Hall–Kier alpha value is -0.320. The van der Waals surface area contributed by atoms with E-state index >= 15 is 0 Å². The Kier molecular flexibility index (Phi) is 7.83. The molecule has 0 bridgehead atoms. The molecule has 1 aliphatic heterocycles. The van der Waals surface area contributed by atoms with Crippen LogP contribution < -0.4 is 5.73 Å². The number of nitrogens with two attached hydrogens (primary N) is 1. The molecule has 0 radical (unpaired) electrons. The molecule has 5 heteroatoms. The third-order valence-corrected chi connectivity index (χ3v) is 6.38. The quantitative estimate of drug-likeness (QED) is 0.788. The lowest BCUT2D eigenvalue weighted by Gasteiger charge is -2.39. The van der Waals surface area contributed by atoms with Gasteiger partial charge in [-0.15, -0.1) is 12.4 Å². The van der Waals surface area contributed by atoms with E-state index in [1.165, 1.54) is 44.9 Å². The number of halogens is 1. The van der Waals surface area contributed by atoms with E-state index in [1.54, 1.807) is 0 Å². The fourth-order valence-corrected chi connectivity index (χ4v) is 4.86. The first kappa shape index (κ1) is 20.0. The lowest BCUT2D eigenvalue weighted by molar-refractivity contribution is -0.138. The van der Waals surface area contributed by atoms with Crippen LogP contribution in [0.3, 0.4) is 0 Å². The summed E-state index contributed by atoms with van der Waals surface area (Å²) >= 11 is 0. The maximum Gasteiger partial charge on any atom is 0.223 e. The van der Waals surface area contributed by atoms with Crippen molar-refractivity contribution in [3.05, 3.63) is 0 Å². The van der Waals surface area contributed by atoms with E-state index < -0.39 is 0 Å². The van der Waals surface area contributed by atoms with E-state index in [0.717, 1.165) is 38.8 Å². The monoisotopic (exact) mass is 358 g/mol. The van der Waals surface area contributed by atoms with Crippen LogP contribution >= 0.6 is 12.4 Å². The summed E-state index contributed by atoms with van der Waals surface area (Å²) in [5, 5.41) is 0. The number of carbonyl (C=O) groups excluding carboxylic acids is 1. The average molecular weight is 359 g/mol. The molecule has 0 aromatic heterocycles. The summed E-state index contributed by atoms with van der Waals surface area (Å²) in [4.78, 5) is 15.4. The Bertz CT molecular complexity index is 387. The van der Waals surface area contributed by atoms with Crippen LogP contribution in [0.15, 0.2) is 0 Å². The molecule has 1 atom stereocenters. The minimum absolute atomic E-state index is 0. The Morgan fingerprint density at radius 2 is 1.75 bits per heavy atom. The molecule has 2 N–H and O–H groups in total. The molecule has 1 heterocycles. The molecule has 3 aliphatic rings. The maximum absolute atomic E-state index is 13.2. The van der Waals surface area contributed by atoms with Gasteiger partial charge in [0.05, 0.1) is 6.10 Å². The standard InChI is InChI=1S/C19H34N2O2.ClH/c20-15-19(10-4-1-5-11-19)13-18(22)21(16-7-2-3-8-16)14-17-9-6-12-23-17;/h16-17H,1-15,20H2;1H. The van der Waals surface area contributed by atoms with Crippen molar-refractivity contribution in [1.82, 2.24) is 4.90 Å². The molecule has 2 saturated carbocycles. The molecule has 1 amide bonds. The van der Waals surface area contributed by atoms with Gasteiger partial charge in [-0.1, -0.05) is 32.1 Å². The number of hydrogen-bond acceptors (Lipinski definition) is 3. The van der Waals surface area contributed by atoms with Crippen LogP contribution in [0.2, 0.25) is 0 Å². The number of nitrogens with zero attached hydrogens (tertiary/aromatic N) is 1. The third-order valence-electron chi connectivity index (χ3n) is 6.38. The van der Waals surface area contributed by atoms with E-state index in [-0.39, 0.29) is 23.9 Å². The van der Waals surface area contributed by atoms with Crippen LogP contribution in [0, 0.1) is 5.41 Å². The molecule has 3 rings (SSSR count). The second-order valence-corrected chi connectivity index (χ2v) is 8.06. The van der Waals surface area contributed by atoms with Crippen molar-refractivity contribution in [2.45, 2.75) is 89.2 Å². The van der Waals surface area contributed by atoms with Gasteiger partial charge in [-0.2, -0.15) is 0 Å². The highest BCUT2D eigenvalue weighted by molar-refractivity contribution is 5.85. The first-order chi connectivity index (χ1) is 11.2. The second-order valence-electron chi connectivity index (χ2n) is 8.06. The van der Waals surface area contributed by atoms with E-state index in [4.69, 9.17) is 10.5 Å². The predicted molar refractivity (Wildman–Crippen MR) is 99.4 cm³/mol. The van der Waals surface area contributed by atoms with Gasteiger partial charge in [0.15, 0.2) is 0 Å². The molecule has 4 nitrogen and oxygen atoms in total. The van der Waals surface area contributed by atoms with E-state index in [9.17, 15) is 4.79 Å². The molecule has 0 aromatic carbocycles. The first-order valence-corrected chi connectivity index (χ1v) is 9.84. The summed E-state index contributed by atoms with van der Waals surface area (Å²) in [6.45, 7) is 2.34. The van der Waals surface area contributed by atoms with Crippen molar-refractivity contribution in [3.8, 4) is 0 Å². The highest BCUT2D eigenvalue weighted by Crippen LogP contribution is 2.39. The number of amides is 1. The van der Waals surface area contributed by atoms with Crippen LogP contribution in [0.25, 0.3) is 0 Å². The van der Waals surface area contributed by atoms with E-state index in [0.29, 0.717) is 24.9 Å². The number of carbonyl (C=O) groups is 1. The van der Waals surface area contributed by atoms with Crippen LogP contribution in [-0.4, -0.2) is 42.6 Å². The zero-order chi connectivity index (χ0) is 16.1. The zero-order valence-electron chi connectivity index (χ0n) is 15.0. The van der Waals surface area contributed by atoms with Crippen molar-refractivity contribution in [2.24, 2.45) is 11.1 Å². The van der Waals surface area contributed by atoms with Gasteiger partial charge in [-0.3, -0.25) is 4.79 Å². The van der Waals surface area contributed by atoms with Gasteiger partial charge in [0.25, 0.3) is 0 Å². The van der Waals surface area contributed by atoms with E-state index in [1.807, 2.05) is 0 Å². The molecular weight excluding hydrogens is 324 g/mol. The van der Waals surface area contributed by atoms with Crippen LogP contribution in [0.4, 0.5) is 0 Å². The molecule has 2 aliphatic carbocycles. The Balaban J connectivity index is 0.00000208. The Morgan fingerprint density at radius 3 is 2.33 bits per heavy atom. The molecule has 1 unspecified atom stereocenters. The summed E-state index contributed by atoms with van der Waals surface area (Å²) in [6.07, 6.45) is 14.1. The molecule has 0 aromatic rings. The summed E-state index contributed by atoms with van der Waals surface area (Å²) < 4.78 is 5.82. The number of ether oxygens (including phenoxy) is 1. The highest BCUT2D eigenvalue weighted by atomic mass is 35.5. The Labute approximate surface area is 153 Å². The average Bonchev–Trinajstić information content (AvgIpc) is 3.27. The predicted octanol–water partition coefficient (Wildman–Crippen LogP) is 3.66. The summed E-state index contributed by atoms with van der Waals surface area (Å²) in [5.74, 6) is 0.347. The van der Waals surface area contributed by atoms with Crippen molar-refractivity contribution < 1.29 is 9.53 Å². The molecule has 24 heavy (non-hydrogen) atoms. The van der Waals surface area contributed by atoms with Crippen molar-refractivity contribution in [3.63, 3.8) is 0 Å². The van der Waals surface area contributed by atoms with Crippen LogP contribution in [0.1, 0.15) is 77.0 Å². The molecule has 1 saturated heterocycles. The van der Waals surface area contributed by atoms with Gasteiger partial charge >= 0.3 is 0 Å². The summed E-state index contributed by atoms with van der Waals surface area (Å²) in [6, 6.07) is 0.449. The highest BCUT2D eigenvalue weighted by Gasteiger charge is 2.37. The lowest BCUT2D eigenvalue weighted by Crippen LogP contribution is -2.47. The molecule has 0 spiro atoms. The van der Waals surface area contributed by atoms with Gasteiger partial charge in [0.1, 0.15) is 0 Å². The fraction of sp³-hybridized carbons (Fsp3) is 0.947. The van der Waals surface area contributed by atoms with Crippen LogP contribution in [0.5, 0.6) is 0 Å². The SMILES string of the molecule is Cl.NCC1(CC(=O)N(CC2CCCO2)C2CCCC2)CCCCC1. The fourth-order valence-electron chi connectivity index (χ4n) is 4.86. The lowest BCUT2D eigenvalue weighted by atomic mass is 9.71. The molecule has 140 valence electrons. The summed E-state index contributed by atoms with van der Waals surface area (Å²) in [7, 11) is 0. The molecule has 3 fully saturated rings. The van der Waals surface area contributed by atoms with Gasteiger partial charge < -0.3 is 15.4 Å². The third kappa shape index (κ3) is 4.86.